The third kappa shape index (κ3) is 3.84. The summed E-state index contributed by atoms with van der Waals surface area (Å²) < 4.78 is 7.39. The molecule has 4 nitrogen and oxygen atoms in total. The third-order valence-electron chi connectivity index (χ3n) is 3.23. The average Bonchev–Trinajstić information content (AvgIpc) is 2.99. The van der Waals surface area contributed by atoms with Gasteiger partial charge in [-0.15, -0.1) is 0 Å². The molecule has 0 saturated heterocycles. The lowest BCUT2D eigenvalue weighted by Crippen LogP contribution is -2.22. The molecule has 0 aliphatic rings. The summed E-state index contributed by atoms with van der Waals surface area (Å²) in [5.74, 6) is 0.926. The van der Waals surface area contributed by atoms with Gasteiger partial charge in [0.15, 0.2) is 0 Å². The van der Waals surface area contributed by atoms with Crippen LogP contribution < -0.4 is 5.32 Å². The highest BCUT2D eigenvalue weighted by Crippen LogP contribution is 2.18. The quantitative estimate of drug-likeness (QED) is 0.849. The number of rotatable bonds is 7. The molecule has 20 heavy (non-hydrogen) atoms. The van der Waals surface area contributed by atoms with Gasteiger partial charge in [-0.3, -0.25) is 0 Å². The minimum Gasteiger partial charge on any atom is -0.383 e. The normalized spacial score (nSPS) is 14.2. The summed E-state index contributed by atoms with van der Waals surface area (Å²) in [6.07, 6.45) is 3.08. The van der Waals surface area contributed by atoms with E-state index in [0.29, 0.717) is 12.6 Å². The van der Waals surface area contributed by atoms with Crippen molar-refractivity contribution in [2.24, 2.45) is 0 Å². The molecule has 1 N–H and O–H groups in total. The van der Waals surface area contributed by atoms with Gasteiger partial charge in [0, 0.05) is 19.3 Å². The fourth-order valence-corrected chi connectivity index (χ4v) is 3.00. The van der Waals surface area contributed by atoms with Gasteiger partial charge in [0.05, 0.1) is 18.3 Å². The van der Waals surface area contributed by atoms with E-state index >= 15 is 0 Å². The van der Waals surface area contributed by atoms with Crippen LogP contribution in [0.25, 0.3) is 0 Å². The monoisotopic (exact) mass is 293 g/mol. The number of aromatic nitrogens is 2. The number of ether oxygens (including phenoxy) is 1. The summed E-state index contributed by atoms with van der Waals surface area (Å²) in [5, 5.41) is 7.83. The highest BCUT2D eigenvalue weighted by Gasteiger charge is 2.14. The second-order valence-corrected chi connectivity index (χ2v) is 6.08. The first-order valence-corrected chi connectivity index (χ1v) is 7.86. The summed E-state index contributed by atoms with van der Waals surface area (Å²) in [4.78, 5) is 4.58. The Morgan fingerprint density at radius 2 is 2.25 bits per heavy atom. The van der Waals surface area contributed by atoms with E-state index in [0.717, 1.165) is 18.1 Å². The van der Waals surface area contributed by atoms with Crippen molar-refractivity contribution in [1.29, 1.82) is 0 Å². The van der Waals surface area contributed by atoms with Crippen LogP contribution in [-0.4, -0.2) is 29.3 Å². The summed E-state index contributed by atoms with van der Waals surface area (Å²) in [6.45, 7) is 7.03. The van der Waals surface area contributed by atoms with Gasteiger partial charge in [0.1, 0.15) is 0 Å². The van der Waals surface area contributed by atoms with Crippen molar-refractivity contribution in [1.82, 2.24) is 9.55 Å². The van der Waals surface area contributed by atoms with Crippen LogP contribution in [0, 0.1) is 6.92 Å². The van der Waals surface area contributed by atoms with Crippen molar-refractivity contribution < 1.29 is 4.74 Å². The first kappa shape index (κ1) is 15.1. The molecule has 2 heterocycles. The molecule has 0 amide bonds. The molecule has 5 heteroatoms. The maximum atomic E-state index is 5.24. The molecular weight excluding hydrogens is 270 g/mol. The number of hydrogen-bond acceptors (Lipinski definition) is 4. The number of aryl methyl sites for hydroxylation is 1. The van der Waals surface area contributed by atoms with Gasteiger partial charge < -0.3 is 14.6 Å². The van der Waals surface area contributed by atoms with E-state index in [4.69, 9.17) is 4.74 Å². The number of hydrogen-bond donors (Lipinski definition) is 1. The molecular formula is C15H23N3OS. The molecule has 2 aromatic rings. The Labute approximate surface area is 124 Å². The summed E-state index contributed by atoms with van der Waals surface area (Å²) in [7, 11) is 1.73. The smallest absolute Gasteiger partial charge is 0.203 e. The highest BCUT2D eigenvalue weighted by molar-refractivity contribution is 7.07. The van der Waals surface area contributed by atoms with E-state index in [2.05, 4.69) is 51.7 Å². The molecule has 0 aromatic carbocycles. The Bertz CT molecular complexity index is 521. The number of imidazole rings is 1. The molecule has 0 radical (unpaired) electrons. The van der Waals surface area contributed by atoms with E-state index in [1.165, 1.54) is 5.56 Å². The molecule has 0 saturated carbocycles. The Morgan fingerprint density at radius 1 is 1.45 bits per heavy atom. The van der Waals surface area contributed by atoms with Crippen LogP contribution in [0.4, 0.5) is 5.95 Å². The highest BCUT2D eigenvalue weighted by atomic mass is 32.1. The minimum absolute atomic E-state index is 0.275. The zero-order valence-electron chi connectivity index (χ0n) is 12.6. The largest absolute Gasteiger partial charge is 0.383 e. The maximum Gasteiger partial charge on any atom is 0.203 e. The van der Waals surface area contributed by atoms with Crippen LogP contribution >= 0.6 is 11.3 Å². The molecule has 0 spiro atoms. The van der Waals surface area contributed by atoms with Crippen LogP contribution in [0.5, 0.6) is 0 Å². The second kappa shape index (κ2) is 6.90. The van der Waals surface area contributed by atoms with E-state index < -0.39 is 0 Å². The van der Waals surface area contributed by atoms with Crippen LogP contribution in [0.2, 0.25) is 0 Å². The van der Waals surface area contributed by atoms with Crippen LogP contribution in [0.15, 0.2) is 23.0 Å². The van der Waals surface area contributed by atoms with Crippen LogP contribution in [0.3, 0.4) is 0 Å². The van der Waals surface area contributed by atoms with E-state index in [1.54, 1.807) is 18.4 Å². The van der Waals surface area contributed by atoms with Gasteiger partial charge >= 0.3 is 0 Å². The van der Waals surface area contributed by atoms with Gasteiger partial charge in [0.25, 0.3) is 0 Å². The molecule has 0 aliphatic heterocycles. The molecule has 110 valence electrons. The zero-order valence-corrected chi connectivity index (χ0v) is 13.4. The van der Waals surface area contributed by atoms with Crippen LogP contribution in [0.1, 0.15) is 31.1 Å². The van der Waals surface area contributed by atoms with Crippen LogP contribution in [-0.2, 0) is 11.2 Å². The third-order valence-corrected chi connectivity index (χ3v) is 3.97. The summed E-state index contributed by atoms with van der Waals surface area (Å²) in [6, 6.07) is 2.80. The van der Waals surface area contributed by atoms with E-state index in [-0.39, 0.29) is 6.04 Å². The van der Waals surface area contributed by atoms with Crippen molar-refractivity contribution in [3.8, 4) is 0 Å². The fourth-order valence-electron chi connectivity index (χ4n) is 2.31. The van der Waals surface area contributed by atoms with Gasteiger partial charge in [-0.05, 0) is 49.6 Å². The molecule has 2 unspecified atom stereocenters. The fraction of sp³-hybridized carbons (Fsp3) is 0.533. The van der Waals surface area contributed by atoms with Gasteiger partial charge in [-0.2, -0.15) is 11.3 Å². The van der Waals surface area contributed by atoms with Crippen molar-refractivity contribution in [2.45, 2.75) is 39.3 Å². The van der Waals surface area contributed by atoms with Gasteiger partial charge in [-0.25, -0.2) is 4.98 Å². The summed E-state index contributed by atoms with van der Waals surface area (Å²) in [5.41, 5.74) is 2.40. The molecule has 0 bridgehead atoms. The Hall–Kier alpha value is -1.33. The molecule has 2 rings (SSSR count). The molecule has 0 aliphatic carbocycles. The minimum atomic E-state index is 0.275. The predicted octanol–water partition coefficient (Wildman–Crippen LogP) is 3.50. The number of nitrogens with one attached hydrogen (secondary N) is 1. The Morgan fingerprint density at radius 3 is 2.90 bits per heavy atom. The number of anilines is 1. The first-order valence-electron chi connectivity index (χ1n) is 6.92. The predicted molar refractivity (Wildman–Crippen MR) is 84.7 cm³/mol. The first-order chi connectivity index (χ1) is 9.60. The number of nitrogens with zero attached hydrogens (tertiary/aromatic N) is 2. The lowest BCUT2D eigenvalue weighted by Gasteiger charge is -2.19. The lowest BCUT2D eigenvalue weighted by molar-refractivity contribution is 0.163. The molecule has 2 atom stereocenters. The van der Waals surface area contributed by atoms with Crippen molar-refractivity contribution in [3.63, 3.8) is 0 Å². The van der Waals surface area contributed by atoms with E-state index in [1.807, 2.05) is 6.92 Å². The molecule has 2 aromatic heterocycles. The Balaban J connectivity index is 2.04. The van der Waals surface area contributed by atoms with Gasteiger partial charge in [0.2, 0.25) is 5.95 Å². The standard InChI is InChI=1S/C15H23N3OS/c1-11(7-14-5-6-20-10-14)16-15-17-12(2)8-18(15)13(3)9-19-4/h5-6,8,10-11,13H,7,9H2,1-4H3,(H,16,17). The zero-order chi connectivity index (χ0) is 14.5. The number of methoxy groups -OCH3 is 1. The maximum absolute atomic E-state index is 5.24. The number of thiophene rings is 1. The topological polar surface area (TPSA) is 39.1 Å². The average molecular weight is 293 g/mol. The van der Waals surface area contributed by atoms with E-state index in [9.17, 15) is 0 Å². The lowest BCUT2D eigenvalue weighted by atomic mass is 10.1. The second-order valence-electron chi connectivity index (χ2n) is 5.30. The van der Waals surface area contributed by atoms with Gasteiger partial charge in [-0.1, -0.05) is 0 Å². The Kier molecular flexibility index (Phi) is 5.20. The molecule has 0 fully saturated rings. The SMILES string of the molecule is COCC(C)n1cc(C)nc1NC(C)Cc1ccsc1. The van der Waals surface area contributed by atoms with Crippen molar-refractivity contribution in [2.75, 3.05) is 19.0 Å². The summed E-state index contributed by atoms with van der Waals surface area (Å²) >= 11 is 1.74. The van der Waals surface area contributed by atoms with Crippen molar-refractivity contribution >= 4 is 17.3 Å². The van der Waals surface area contributed by atoms with Crippen molar-refractivity contribution in [3.05, 3.63) is 34.3 Å².